The Morgan fingerprint density at radius 2 is 1.65 bits per heavy atom. The Morgan fingerprint density at radius 3 is 2.18 bits per heavy atom. The Balaban J connectivity index is 0.000000802. The Labute approximate surface area is 305 Å². The molecule has 0 saturated carbocycles. The van der Waals surface area contributed by atoms with Crippen LogP contribution in [0.2, 0.25) is 0 Å². The Morgan fingerprint density at radius 1 is 1.06 bits per heavy atom. The average Bonchev–Trinajstić information content (AvgIpc) is 3.61. The lowest BCUT2D eigenvalue weighted by atomic mass is 9.87. The van der Waals surface area contributed by atoms with Gasteiger partial charge in [0.1, 0.15) is 37.3 Å². The number of carbonyl (C=O) groups is 2. The van der Waals surface area contributed by atoms with E-state index in [9.17, 15) is 4.79 Å². The third kappa shape index (κ3) is 14.0. The number of nitrogens with zero attached hydrogens (tertiary/aromatic N) is 3. The van der Waals surface area contributed by atoms with Gasteiger partial charge in [-0.1, -0.05) is 61.3 Å². The van der Waals surface area contributed by atoms with Gasteiger partial charge in [-0.3, -0.25) is 25.0 Å². The molecule has 2 aromatic carbocycles. The number of rotatable bonds is 14. The summed E-state index contributed by atoms with van der Waals surface area (Å²) in [5.74, 6) is 3.25. The van der Waals surface area contributed by atoms with Gasteiger partial charge in [-0.25, -0.2) is 4.98 Å². The molecule has 0 atom stereocenters. The van der Waals surface area contributed by atoms with Crippen LogP contribution in [0, 0.1) is 5.92 Å². The van der Waals surface area contributed by atoms with Crippen molar-refractivity contribution < 1.29 is 23.9 Å². The third-order valence-electron chi connectivity index (χ3n) is 7.84. The van der Waals surface area contributed by atoms with Crippen molar-refractivity contribution in [3.05, 3.63) is 59.2 Å². The molecule has 51 heavy (non-hydrogen) atoms. The number of aromatic amines is 1. The van der Waals surface area contributed by atoms with Crippen molar-refractivity contribution in [3.8, 4) is 33.9 Å². The van der Waals surface area contributed by atoms with Crippen LogP contribution in [0.4, 0.5) is 0 Å². The standard InChI is InChI=1S/C28H34N6O3.C6H14.C2H5NO.C2H6.CH2O/c1-5-7-34(4)15-26-30-14-22(31-26)18-9-20-16-36-25-12-19(23(13-29-3)32-33-37-8-6-2)10-21-17-35-24(11-18)27(20)28(21)25;1-4-6(3)5-2;1-2(3)4;2*1-2/h9-14,32-33H,3,5-8,15-17H2,1-2,4H3,(H,30,31);6H,4-5H2,1-3H3;1H3,(H2,3,4);1-2H3;1H2/b23-13-;;;;. The third-order valence-corrected chi connectivity index (χ3v) is 7.84. The van der Waals surface area contributed by atoms with Crippen LogP contribution in [0.5, 0.6) is 11.5 Å². The average molecular weight is 708 g/mol. The van der Waals surface area contributed by atoms with Crippen LogP contribution in [0.3, 0.4) is 0 Å². The maximum Gasteiger partial charge on any atom is 0.214 e. The van der Waals surface area contributed by atoms with Crippen molar-refractivity contribution in [2.45, 2.75) is 101 Å². The van der Waals surface area contributed by atoms with Gasteiger partial charge < -0.3 is 25.0 Å². The first kappa shape index (κ1) is 44.5. The van der Waals surface area contributed by atoms with E-state index in [2.05, 4.69) is 96.3 Å². The Bertz CT molecular complexity index is 1460. The van der Waals surface area contributed by atoms with Crippen LogP contribution < -0.4 is 26.2 Å². The predicted octanol–water partition coefficient (Wildman–Crippen LogP) is 7.58. The molecule has 0 bridgehead atoms. The van der Waals surface area contributed by atoms with Crippen molar-refractivity contribution >= 4 is 25.1 Å². The number of aromatic nitrogens is 2. The number of hydrogen-bond acceptors (Lipinski definition) is 10. The summed E-state index contributed by atoms with van der Waals surface area (Å²) in [4.78, 5) is 36.9. The van der Waals surface area contributed by atoms with Gasteiger partial charge in [0.05, 0.1) is 36.9 Å². The van der Waals surface area contributed by atoms with Crippen LogP contribution in [0.15, 0.2) is 41.7 Å². The van der Waals surface area contributed by atoms with Gasteiger partial charge in [0.15, 0.2) is 0 Å². The highest BCUT2D eigenvalue weighted by Gasteiger charge is 2.30. The molecule has 3 heterocycles. The smallest absolute Gasteiger partial charge is 0.214 e. The zero-order chi connectivity index (χ0) is 38.3. The van der Waals surface area contributed by atoms with Crippen LogP contribution in [0.25, 0.3) is 28.1 Å². The van der Waals surface area contributed by atoms with Gasteiger partial charge in [0.25, 0.3) is 0 Å². The summed E-state index contributed by atoms with van der Waals surface area (Å²) in [6.07, 6.45) is 8.22. The molecule has 0 unspecified atom stereocenters. The maximum absolute atomic E-state index is 9.22. The molecule has 2 aliphatic rings. The molecule has 5 N–H and O–H groups in total. The van der Waals surface area contributed by atoms with Crippen LogP contribution >= 0.6 is 0 Å². The zero-order valence-electron chi connectivity index (χ0n) is 32.3. The van der Waals surface area contributed by atoms with E-state index in [1.54, 1.807) is 6.20 Å². The predicted molar refractivity (Wildman–Crippen MR) is 208 cm³/mol. The number of amides is 1. The minimum Gasteiger partial charge on any atom is -0.488 e. The molecule has 3 aromatic rings. The first-order valence-corrected chi connectivity index (χ1v) is 17.8. The number of ether oxygens (including phenoxy) is 2. The van der Waals surface area contributed by atoms with Crippen LogP contribution in [0.1, 0.15) is 104 Å². The Hall–Kier alpha value is -4.52. The molecule has 1 amide bonds. The van der Waals surface area contributed by atoms with E-state index in [1.807, 2.05) is 39.8 Å². The molecule has 0 radical (unpaired) electrons. The second kappa shape index (κ2) is 24.6. The highest BCUT2D eigenvalue weighted by molar-refractivity contribution is 5.88. The molecule has 1 aromatic heterocycles. The highest BCUT2D eigenvalue weighted by Crippen LogP contribution is 2.50. The SMILES string of the molecule is C=N/C=C(\NNOCCC)c1cc2c3c(c1)OCc1cc(-c4cnc(CN(C)CCC)[nH]4)cc(c1-3)OC2.C=O.CC.CC(N)=O.CCC(C)CC. The number of aliphatic imine (C=N–C) groups is 1. The van der Waals surface area contributed by atoms with E-state index in [-0.39, 0.29) is 5.91 Å². The van der Waals surface area contributed by atoms with Crippen LogP contribution in [-0.2, 0) is 34.2 Å². The quantitative estimate of drug-likeness (QED) is 0.0754. The fourth-order valence-corrected chi connectivity index (χ4v) is 5.10. The number of H-pyrrole nitrogens is 1. The molecular formula is C39H61N7O5. The number of primary amides is 1. The number of imidazole rings is 1. The van der Waals surface area contributed by atoms with E-state index in [4.69, 9.17) is 19.1 Å². The van der Waals surface area contributed by atoms with Crippen molar-refractivity contribution in [2.75, 3.05) is 20.2 Å². The number of nitrogens with one attached hydrogen (secondary N) is 3. The lowest BCUT2D eigenvalue weighted by Crippen LogP contribution is -2.31. The monoisotopic (exact) mass is 707 g/mol. The summed E-state index contributed by atoms with van der Waals surface area (Å²) in [6.45, 7) is 25.2. The summed E-state index contributed by atoms with van der Waals surface area (Å²) in [7, 11) is 2.11. The first-order valence-electron chi connectivity index (χ1n) is 17.8. The van der Waals surface area contributed by atoms with Gasteiger partial charge in [0, 0.05) is 40.3 Å². The van der Waals surface area contributed by atoms with E-state index in [0.29, 0.717) is 19.8 Å². The molecule has 0 aliphatic carbocycles. The van der Waals surface area contributed by atoms with Gasteiger partial charge in [-0.2, -0.15) is 0 Å². The van der Waals surface area contributed by atoms with Crippen molar-refractivity contribution in [1.82, 2.24) is 25.9 Å². The van der Waals surface area contributed by atoms with Gasteiger partial charge in [-0.15, -0.1) is 5.59 Å². The summed E-state index contributed by atoms with van der Waals surface area (Å²) < 4.78 is 12.5. The van der Waals surface area contributed by atoms with Crippen LogP contribution in [-0.4, -0.2) is 54.5 Å². The lowest BCUT2D eigenvalue weighted by Gasteiger charge is -2.30. The van der Waals surface area contributed by atoms with E-state index >= 15 is 0 Å². The van der Waals surface area contributed by atoms with Gasteiger partial charge in [0.2, 0.25) is 5.91 Å². The molecule has 0 saturated heterocycles. The number of carbonyl (C=O) groups excluding carboxylic acids is 2. The minimum absolute atomic E-state index is 0.333. The molecule has 0 fully saturated rings. The molecular weight excluding hydrogens is 646 g/mol. The summed E-state index contributed by atoms with van der Waals surface area (Å²) in [6, 6.07) is 8.38. The van der Waals surface area contributed by atoms with Gasteiger partial charge >= 0.3 is 0 Å². The van der Waals surface area contributed by atoms with Crippen molar-refractivity contribution in [3.63, 3.8) is 0 Å². The normalized spacial score (nSPS) is 11.8. The topological polar surface area (TPSA) is 156 Å². The summed E-state index contributed by atoms with van der Waals surface area (Å²) in [5.41, 5.74) is 18.3. The molecule has 12 heteroatoms. The number of hydrazine groups is 1. The van der Waals surface area contributed by atoms with Crippen molar-refractivity contribution in [2.24, 2.45) is 16.6 Å². The fraction of sp³-hybridized carbons (Fsp3) is 0.487. The highest BCUT2D eigenvalue weighted by atomic mass is 16.7. The maximum atomic E-state index is 9.22. The molecule has 12 nitrogen and oxygen atoms in total. The second-order valence-electron chi connectivity index (χ2n) is 11.9. The van der Waals surface area contributed by atoms with E-state index in [0.717, 1.165) is 93.9 Å². The summed E-state index contributed by atoms with van der Waals surface area (Å²) >= 11 is 0. The largest absolute Gasteiger partial charge is 0.488 e. The number of hydrogen-bond donors (Lipinski definition) is 4. The first-order chi connectivity index (χ1) is 24.6. The molecule has 5 rings (SSSR count). The zero-order valence-corrected chi connectivity index (χ0v) is 32.3. The molecule has 282 valence electrons. The second-order valence-corrected chi connectivity index (χ2v) is 11.9. The number of nitrogens with two attached hydrogens (primary N) is 1. The minimum atomic E-state index is -0.333. The summed E-state index contributed by atoms with van der Waals surface area (Å²) in [5, 5.41) is 0. The lowest BCUT2D eigenvalue weighted by molar-refractivity contribution is -0.116. The van der Waals surface area contributed by atoms with Crippen molar-refractivity contribution in [1.29, 1.82) is 0 Å². The molecule has 2 aliphatic heterocycles. The van der Waals surface area contributed by atoms with E-state index < -0.39 is 0 Å². The molecule has 0 spiro atoms. The van der Waals surface area contributed by atoms with E-state index in [1.165, 1.54) is 19.8 Å². The number of benzene rings is 2. The Kier molecular flexibility index (Phi) is 21.5. The fourth-order valence-electron chi connectivity index (χ4n) is 5.10. The van der Waals surface area contributed by atoms with Gasteiger partial charge in [-0.05, 0) is 63.3 Å².